The molecule has 3 heterocycles. The molecule has 0 fully saturated rings. The van der Waals surface area contributed by atoms with Gasteiger partial charge in [-0.15, -0.1) is 35.4 Å². The molecule has 5 aromatic carbocycles. The number of furan rings is 1. The summed E-state index contributed by atoms with van der Waals surface area (Å²) in [7, 11) is 4.06. The Morgan fingerprint density at radius 1 is 0.830 bits per heavy atom. The number of benzene rings is 5. The Labute approximate surface area is 339 Å². The van der Waals surface area contributed by atoms with Gasteiger partial charge >= 0.3 is 20.1 Å². The third-order valence-corrected chi connectivity index (χ3v) is 9.24. The summed E-state index contributed by atoms with van der Waals surface area (Å²) in [6.07, 6.45) is 1.36. The third-order valence-electron chi connectivity index (χ3n) is 9.24. The van der Waals surface area contributed by atoms with Gasteiger partial charge in [-0.3, -0.25) is 0 Å². The first kappa shape index (κ1) is 28.6. The molecule has 53 heavy (non-hydrogen) atoms. The van der Waals surface area contributed by atoms with Gasteiger partial charge in [0, 0.05) is 29.6 Å². The molecule has 0 unspecified atom stereocenters. The van der Waals surface area contributed by atoms with Gasteiger partial charge in [0.15, 0.2) is 0 Å². The van der Waals surface area contributed by atoms with Gasteiger partial charge in [0.1, 0.15) is 5.58 Å². The van der Waals surface area contributed by atoms with Crippen LogP contribution in [-0.2, 0) is 31.9 Å². The van der Waals surface area contributed by atoms with Gasteiger partial charge in [-0.1, -0.05) is 126 Å². The van der Waals surface area contributed by atoms with E-state index in [0.29, 0.717) is 28.0 Å². The smallest absolute Gasteiger partial charge is 0.501 e. The van der Waals surface area contributed by atoms with E-state index in [2.05, 4.69) is 88.3 Å². The molecule has 3 nitrogen and oxygen atoms in total. The Hall–Kier alpha value is -4.89. The Bertz CT molecular complexity index is 2870. The number of nitrogens with zero attached hydrogens (tertiary/aromatic N) is 2. The average molecular weight is 881 g/mol. The van der Waals surface area contributed by atoms with Crippen molar-refractivity contribution < 1.29 is 40.1 Å². The van der Waals surface area contributed by atoms with Crippen molar-refractivity contribution in [2.45, 2.75) is 67.0 Å². The summed E-state index contributed by atoms with van der Waals surface area (Å²) in [5.74, 6) is 0. The summed E-state index contributed by atoms with van der Waals surface area (Å²) in [5.41, 5.74) is 5.51. The summed E-state index contributed by atoms with van der Waals surface area (Å²) >= 11 is 0. The fourth-order valence-corrected chi connectivity index (χ4v) is 6.61. The SMILES string of the molecule is [2H]C([2H])([2H])c1ccc(-c2ccc(C(C)(C)C)c[n+]2[CH2-])c([CH2-])c1.[2H]C([2H])([2H])c1cnc(-c2[c-]ccc3c2oc2cc4c(ccc5ccccc54)cc23)cc1C([2H])([2H])C(C)(C)C.[Ir+3]. The van der Waals surface area contributed by atoms with E-state index in [4.69, 9.17) is 15.4 Å². The molecule has 0 amide bonds. The maximum atomic E-state index is 8.85. The number of hydrogen-bond donors (Lipinski definition) is 0. The second-order valence-electron chi connectivity index (χ2n) is 15.4. The molecule has 0 bridgehead atoms. The minimum absolute atomic E-state index is 0. The Balaban J connectivity index is 0.000000232. The van der Waals surface area contributed by atoms with E-state index in [-0.39, 0.29) is 36.6 Å². The zero-order valence-electron chi connectivity index (χ0n) is 38.9. The van der Waals surface area contributed by atoms with Crippen LogP contribution in [0.2, 0.25) is 0 Å². The topological polar surface area (TPSA) is 29.9 Å². The molecule has 8 aromatic rings. The quantitative estimate of drug-likeness (QED) is 0.101. The zero-order chi connectivity index (χ0) is 43.7. The molecule has 0 atom stereocenters. The summed E-state index contributed by atoms with van der Waals surface area (Å²) in [5, 5.41) is 6.36. The molecule has 268 valence electrons. The van der Waals surface area contributed by atoms with Crippen LogP contribution in [0.4, 0.5) is 0 Å². The summed E-state index contributed by atoms with van der Waals surface area (Å²) in [4.78, 5) is 4.47. The molecule has 0 aliphatic rings. The van der Waals surface area contributed by atoms with E-state index in [9.17, 15) is 0 Å². The van der Waals surface area contributed by atoms with Gasteiger partial charge in [-0.25, -0.2) is 0 Å². The van der Waals surface area contributed by atoms with Crippen LogP contribution in [0.25, 0.3) is 66.0 Å². The Morgan fingerprint density at radius 2 is 1.62 bits per heavy atom. The number of fused-ring (bicyclic) bond motifs is 6. The van der Waals surface area contributed by atoms with Crippen molar-refractivity contribution in [2.75, 3.05) is 0 Å². The minimum atomic E-state index is -2.50. The van der Waals surface area contributed by atoms with Crippen LogP contribution < -0.4 is 4.57 Å². The Kier molecular flexibility index (Phi) is 7.82. The van der Waals surface area contributed by atoms with Gasteiger partial charge in [-0.05, 0) is 74.6 Å². The molecule has 8 rings (SSSR count). The maximum Gasteiger partial charge on any atom is 3.00 e. The van der Waals surface area contributed by atoms with Crippen molar-refractivity contribution in [1.29, 1.82) is 0 Å². The standard InChI is InChI=1S/C31H26NO.C18H22N.Ir/c1-19-18-32-28(15-22(19)17-31(2,3)4)25-11-7-10-24-27-14-21-13-12-20-8-5-6-9-23(20)26(21)16-29(27)33-30(24)25;1-13-7-9-16(14(2)11-13)17-10-8-15(12-19(17)6)18(3,4)5;/h5-10,12-16,18H,17H2,1-4H3;7-12H,2,6H2,1,3-5H3;/q2*-1;+3/i1D3,17D2;1D3;. The van der Waals surface area contributed by atoms with E-state index in [1.54, 1.807) is 51.1 Å². The van der Waals surface area contributed by atoms with E-state index in [1.165, 1.54) is 11.8 Å². The number of aromatic nitrogens is 2. The summed E-state index contributed by atoms with van der Waals surface area (Å²) in [6, 6.07) is 34.3. The van der Waals surface area contributed by atoms with Crippen LogP contribution in [0.15, 0.2) is 114 Å². The zero-order valence-corrected chi connectivity index (χ0v) is 33.3. The fraction of sp³-hybridized carbons (Fsp3) is 0.224. The molecule has 0 radical (unpaired) electrons. The second-order valence-corrected chi connectivity index (χ2v) is 15.4. The predicted octanol–water partition coefficient (Wildman–Crippen LogP) is 12.7. The molecule has 0 spiro atoms. The second kappa shape index (κ2) is 14.5. The first-order valence-electron chi connectivity index (χ1n) is 21.4. The van der Waals surface area contributed by atoms with Crippen LogP contribution in [0, 0.1) is 39.2 Å². The molecular formula is C49H48IrN2O+. The number of hydrogen-bond acceptors (Lipinski definition) is 2. The molecule has 0 aliphatic carbocycles. The van der Waals surface area contributed by atoms with Gasteiger partial charge in [0.2, 0.25) is 0 Å². The first-order valence-corrected chi connectivity index (χ1v) is 17.4. The molecule has 0 saturated heterocycles. The van der Waals surface area contributed by atoms with Crippen molar-refractivity contribution in [1.82, 2.24) is 4.98 Å². The van der Waals surface area contributed by atoms with Crippen LogP contribution >= 0.6 is 0 Å². The van der Waals surface area contributed by atoms with Crippen LogP contribution in [-0.4, -0.2) is 4.98 Å². The van der Waals surface area contributed by atoms with Crippen molar-refractivity contribution >= 4 is 43.5 Å². The van der Waals surface area contributed by atoms with E-state index in [1.807, 2.05) is 35.0 Å². The van der Waals surface area contributed by atoms with E-state index >= 15 is 0 Å². The maximum absolute atomic E-state index is 8.85. The first-order chi connectivity index (χ1) is 27.9. The largest absolute Gasteiger partial charge is 3.00 e. The number of pyridine rings is 2. The van der Waals surface area contributed by atoms with E-state index in [0.717, 1.165) is 49.2 Å². The van der Waals surface area contributed by atoms with Gasteiger partial charge < -0.3 is 14.0 Å². The van der Waals surface area contributed by atoms with Gasteiger partial charge in [0.05, 0.1) is 17.5 Å². The normalized spacial score (nSPS) is 14.8. The molecular weight excluding hydrogens is 825 g/mol. The van der Waals surface area contributed by atoms with Crippen molar-refractivity contribution in [2.24, 2.45) is 5.41 Å². The van der Waals surface area contributed by atoms with Crippen molar-refractivity contribution in [3.8, 4) is 22.5 Å². The molecule has 4 heteroatoms. The summed E-state index contributed by atoms with van der Waals surface area (Å²) in [6.45, 7) is 11.1. The number of aryl methyl sites for hydroxylation is 2. The summed E-state index contributed by atoms with van der Waals surface area (Å²) < 4.78 is 72.4. The number of rotatable bonds is 3. The van der Waals surface area contributed by atoms with Crippen molar-refractivity contribution in [3.05, 3.63) is 157 Å². The fourth-order valence-electron chi connectivity index (χ4n) is 6.61. The minimum Gasteiger partial charge on any atom is -0.501 e. The predicted molar refractivity (Wildman–Crippen MR) is 219 cm³/mol. The molecule has 3 aromatic heterocycles. The molecule has 0 N–H and O–H groups in total. The molecule has 0 aliphatic heterocycles. The van der Waals surface area contributed by atoms with E-state index < -0.39 is 25.5 Å². The van der Waals surface area contributed by atoms with Gasteiger partial charge in [-0.2, -0.15) is 18.6 Å². The van der Waals surface area contributed by atoms with Crippen LogP contribution in [0.3, 0.4) is 0 Å². The average Bonchev–Trinajstić information content (AvgIpc) is 3.53. The Morgan fingerprint density at radius 3 is 2.34 bits per heavy atom. The third kappa shape index (κ3) is 7.76. The molecule has 0 saturated carbocycles. The monoisotopic (exact) mass is 881 g/mol. The van der Waals surface area contributed by atoms with Gasteiger partial charge in [0.25, 0.3) is 0 Å². The van der Waals surface area contributed by atoms with Crippen molar-refractivity contribution in [3.63, 3.8) is 0 Å². The van der Waals surface area contributed by atoms with Crippen LogP contribution in [0.1, 0.15) is 80.3 Å². The van der Waals surface area contributed by atoms with Crippen LogP contribution in [0.5, 0.6) is 0 Å².